The molecule has 1 unspecified atom stereocenters. The smallest absolute Gasteiger partial charge is 0.0704 e. The van der Waals surface area contributed by atoms with Crippen molar-refractivity contribution in [1.82, 2.24) is 0 Å². The molecule has 0 aromatic heterocycles. The zero-order valence-corrected chi connectivity index (χ0v) is 16.2. The first-order chi connectivity index (χ1) is 11.8. The molecule has 0 radical (unpaired) electrons. The second kappa shape index (κ2) is 21.2. The molecule has 0 spiro atoms. The van der Waals surface area contributed by atoms with E-state index in [-0.39, 0.29) is 19.3 Å². The Morgan fingerprint density at radius 1 is 0.792 bits per heavy atom. The number of unbranched alkanes of at least 4 members (excludes halogenated alkanes) is 5. The van der Waals surface area contributed by atoms with Crippen molar-refractivity contribution < 1.29 is 24.4 Å². The largest absolute Gasteiger partial charge is 0.396 e. The zero-order chi connectivity index (χ0) is 17.7. The Hall–Kier alpha value is 0.150. The first-order valence-corrected chi connectivity index (χ1v) is 10.6. The summed E-state index contributed by atoms with van der Waals surface area (Å²) >= 11 is 1.75. The van der Waals surface area contributed by atoms with Crippen LogP contribution in [-0.4, -0.2) is 74.1 Å². The molecule has 5 nitrogen and oxygen atoms in total. The highest BCUT2D eigenvalue weighted by Gasteiger charge is 2.09. The zero-order valence-electron chi connectivity index (χ0n) is 15.4. The molecule has 0 amide bonds. The van der Waals surface area contributed by atoms with E-state index in [1.807, 2.05) is 0 Å². The molecule has 1 atom stereocenters. The van der Waals surface area contributed by atoms with Gasteiger partial charge in [-0.05, 0) is 6.42 Å². The third-order valence-corrected chi connectivity index (χ3v) is 4.69. The fourth-order valence-electron chi connectivity index (χ4n) is 2.31. The summed E-state index contributed by atoms with van der Waals surface area (Å²) in [5, 5.41) is 17.5. The summed E-state index contributed by atoms with van der Waals surface area (Å²) in [5.41, 5.74) is 0. The summed E-state index contributed by atoms with van der Waals surface area (Å²) in [6, 6.07) is 0. The molecular formula is C18H38O5S. The minimum absolute atomic E-state index is 0.0503. The van der Waals surface area contributed by atoms with Crippen LogP contribution >= 0.6 is 11.8 Å². The molecule has 2 N–H and O–H groups in total. The van der Waals surface area contributed by atoms with Gasteiger partial charge in [0.05, 0.1) is 52.4 Å². The molecule has 0 fully saturated rings. The highest BCUT2D eigenvalue weighted by atomic mass is 32.2. The van der Waals surface area contributed by atoms with Crippen molar-refractivity contribution in [3.63, 3.8) is 0 Å². The normalized spacial score (nSPS) is 12.6. The van der Waals surface area contributed by atoms with Crippen LogP contribution in [-0.2, 0) is 14.2 Å². The molecule has 24 heavy (non-hydrogen) atoms. The van der Waals surface area contributed by atoms with Gasteiger partial charge in [0.1, 0.15) is 0 Å². The maximum atomic E-state index is 8.90. The minimum atomic E-state index is 0.0503. The van der Waals surface area contributed by atoms with E-state index in [2.05, 4.69) is 6.92 Å². The monoisotopic (exact) mass is 366 g/mol. The van der Waals surface area contributed by atoms with Crippen molar-refractivity contribution in [3.05, 3.63) is 0 Å². The molecule has 146 valence electrons. The summed E-state index contributed by atoms with van der Waals surface area (Å²) in [6.45, 7) is 5.09. The molecule has 0 aliphatic carbocycles. The number of rotatable bonds is 20. The lowest BCUT2D eigenvalue weighted by Gasteiger charge is -2.17. The number of hydrogen-bond acceptors (Lipinski definition) is 6. The molecule has 0 saturated heterocycles. The maximum absolute atomic E-state index is 8.90. The second-order valence-corrected chi connectivity index (χ2v) is 6.95. The van der Waals surface area contributed by atoms with Crippen molar-refractivity contribution in [2.45, 2.75) is 58.0 Å². The average molecular weight is 367 g/mol. The third-order valence-electron chi connectivity index (χ3n) is 3.61. The Kier molecular flexibility index (Phi) is 21.3. The van der Waals surface area contributed by atoms with E-state index in [0.29, 0.717) is 33.0 Å². The Morgan fingerprint density at radius 2 is 1.46 bits per heavy atom. The van der Waals surface area contributed by atoms with Gasteiger partial charge in [-0.2, -0.15) is 11.8 Å². The number of aliphatic hydroxyl groups excluding tert-OH is 2. The van der Waals surface area contributed by atoms with Crippen LogP contribution in [0.5, 0.6) is 0 Å². The van der Waals surface area contributed by atoms with Crippen molar-refractivity contribution in [2.24, 2.45) is 0 Å². The van der Waals surface area contributed by atoms with Gasteiger partial charge in [0, 0.05) is 11.5 Å². The van der Waals surface area contributed by atoms with Gasteiger partial charge in [0.25, 0.3) is 0 Å². The molecule has 0 aromatic rings. The predicted molar refractivity (Wildman–Crippen MR) is 101 cm³/mol. The van der Waals surface area contributed by atoms with Crippen LogP contribution in [0.4, 0.5) is 0 Å². The van der Waals surface area contributed by atoms with Gasteiger partial charge in [0.2, 0.25) is 0 Å². The summed E-state index contributed by atoms with van der Waals surface area (Å²) < 4.78 is 16.5. The Morgan fingerprint density at radius 3 is 2.17 bits per heavy atom. The van der Waals surface area contributed by atoms with Crippen molar-refractivity contribution >= 4 is 11.8 Å². The van der Waals surface area contributed by atoms with Crippen LogP contribution in [0.1, 0.15) is 51.9 Å². The number of thioether (sulfide) groups is 1. The van der Waals surface area contributed by atoms with Crippen molar-refractivity contribution in [3.8, 4) is 0 Å². The van der Waals surface area contributed by atoms with E-state index in [1.165, 1.54) is 38.5 Å². The Bertz CT molecular complexity index is 231. The second-order valence-electron chi connectivity index (χ2n) is 5.80. The minimum Gasteiger partial charge on any atom is -0.396 e. The van der Waals surface area contributed by atoms with Gasteiger partial charge >= 0.3 is 0 Å². The first-order valence-electron chi connectivity index (χ1n) is 9.41. The molecule has 0 heterocycles. The Balaban J connectivity index is 3.63. The standard InChI is InChI=1S/C18H38O5S/c1-2-3-4-5-6-7-8-18(17-24-16-10-20)23-15-14-22-13-12-21-11-9-19/h18-20H,2-17H2,1H3. The lowest BCUT2D eigenvalue weighted by molar-refractivity contribution is -0.0109. The van der Waals surface area contributed by atoms with Crippen LogP contribution in [0.25, 0.3) is 0 Å². The molecule has 0 saturated carbocycles. The lowest BCUT2D eigenvalue weighted by Crippen LogP contribution is -2.20. The summed E-state index contributed by atoms with van der Waals surface area (Å²) in [6.07, 6.45) is 9.12. The SMILES string of the molecule is CCCCCCCCC(CSCCO)OCCOCCOCCO. The van der Waals surface area contributed by atoms with E-state index in [0.717, 1.165) is 17.9 Å². The molecule has 0 aromatic carbocycles. The fraction of sp³-hybridized carbons (Fsp3) is 1.00. The summed E-state index contributed by atoms with van der Waals surface area (Å²) in [5.74, 6) is 1.71. The quantitative estimate of drug-likeness (QED) is 0.323. The molecular weight excluding hydrogens is 328 g/mol. The third kappa shape index (κ3) is 18.5. The van der Waals surface area contributed by atoms with E-state index < -0.39 is 0 Å². The number of ether oxygens (including phenoxy) is 3. The van der Waals surface area contributed by atoms with Gasteiger partial charge < -0.3 is 24.4 Å². The lowest BCUT2D eigenvalue weighted by atomic mass is 10.1. The van der Waals surface area contributed by atoms with Crippen molar-refractivity contribution in [1.29, 1.82) is 0 Å². The fourth-order valence-corrected chi connectivity index (χ4v) is 3.13. The topological polar surface area (TPSA) is 68.2 Å². The molecule has 0 bridgehead atoms. The molecule has 6 heteroatoms. The van der Waals surface area contributed by atoms with Crippen LogP contribution < -0.4 is 0 Å². The molecule has 0 rings (SSSR count). The maximum Gasteiger partial charge on any atom is 0.0704 e. The van der Waals surface area contributed by atoms with Gasteiger partial charge in [-0.15, -0.1) is 0 Å². The van der Waals surface area contributed by atoms with Crippen LogP contribution in [0, 0.1) is 0 Å². The summed E-state index contributed by atoms with van der Waals surface area (Å²) in [7, 11) is 0. The van der Waals surface area contributed by atoms with E-state index >= 15 is 0 Å². The highest BCUT2D eigenvalue weighted by Crippen LogP contribution is 2.14. The van der Waals surface area contributed by atoms with Crippen LogP contribution in [0.3, 0.4) is 0 Å². The Labute approximate surface area is 152 Å². The average Bonchev–Trinajstić information content (AvgIpc) is 2.59. The van der Waals surface area contributed by atoms with Gasteiger partial charge in [-0.3, -0.25) is 0 Å². The number of hydrogen-bond donors (Lipinski definition) is 2. The first kappa shape index (κ1) is 24.1. The predicted octanol–water partition coefficient (Wildman–Crippen LogP) is 2.87. The molecule has 0 aliphatic rings. The van der Waals surface area contributed by atoms with Crippen molar-refractivity contribution in [2.75, 3.05) is 57.8 Å². The highest BCUT2D eigenvalue weighted by molar-refractivity contribution is 7.99. The summed E-state index contributed by atoms with van der Waals surface area (Å²) in [4.78, 5) is 0. The molecule has 0 aliphatic heterocycles. The van der Waals surface area contributed by atoms with Gasteiger partial charge in [0.15, 0.2) is 0 Å². The van der Waals surface area contributed by atoms with E-state index in [4.69, 9.17) is 24.4 Å². The van der Waals surface area contributed by atoms with E-state index in [1.54, 1.807) is 11.8 Å². The van der Waals surface area contributed by atoms with Gasteiger partial charge in [-0.1, -0.05) is 45.4 Å². The van der Waals surface area contributed by atoms with Gasteiger partial charge in [-0.25, -0.2) is 0 Å². The number of aliphatic hydroxyl groups is 2. The van der Waals surface area contributed by atoms with E-state index in [9.17, 15) is 0 Å². The van der Waals surface area contributed by atoms with Crippen LogP contribution in [0.15, 0.2) is 0 Å². The van der Waals surface area contributed by atoms with Crippen LogP contribution in [0.2, 0.25) is 0 Å².